The molecule has 1 atom stereocenters. The molecule has 3 rings (SSSR count). The van der Waals surface area contributed by atoms with Gasteiger partial charge in [0.05, 0.1) is 33.5 Å². The monoisotopic (exact) mass is 495 g/mol. The highest BCUT2D eigenvalue weighted by molar-refractivity contribution is 7.99. The smallest absolute Gasteiger partial charge is 0.328 e. The number of nitrogens with one attached hydrogen (secondary N) is 1. The fourth-order valence-corrected chi connectivity index (χ4v) is 4.10. The largest absolute Gasteiger partial charge is 0.478 e. The Morgan fingerprint density at radius 2 is 2.12 bits per heavy atom. The van der Waals surface area contributed by atoms with Crippen molar-refractivity contribution in [2.45, 2.75) is 17.7 Å². The van der Waals surface area contributed by atoms with E-state index in [1.165, 1.54) is 17.8 Å². The molecule has 2 N–H and O–H groups in total. The van der Waals surface area contributed by atoms with Crippen molar-refractivity contribution in [3.05, 3.63) is 63.8 Å². The van der Waals surface area contributed by atoms with E-state index >= 15 is 0 Å². The van der Waals surface area contributed by atoms with Gasteiger partial charge in [0.25, 0.3) is 0 Å². The molecule has 1 aromatic carbocycles. The third-order valence-electron chi connectivity index (χ3n) is 4.67. The number of ether oxygens (including phenoxy) is 1. The minimum absolute atomic E-state index is 0.0843. The standard InChI is InChI=1S/C22H23Cl2N3O4S/c23-18-4-1-16(9-19(18)24)12-27-7-8-31-17(13-27)11-25-20(28)14-32-21-5-2-15(10-26-21)3-6-22(29)30/h1-6,9-10,17H,7-8,11-14H2,(H,25,28)(H,29,30)/b6-3+/t17-/m0/s1. The Hall–Kier alpha value is -2.10. The fraction of sp³-hybridized carbons (Fsp3) is 0.318. The molecule has 1 amide bonds. The number of carbonyl (C=O) groups is 2. The van der Waals surface area contributed by atoms with E-state index in [9.17, 15) is 9.59 Å². The van der Waals surface area contributed by atoms with Crippen molar-refractivity contribution in [3.8, 4) is 0 Å². The summed E-state index contributed by atoms with van der Waals surface area (Å²) >= 11 is 13.4. The number of carbonyl (C=O) groups excluding carboxylic acids is 1. The number of halogens is 2. The highest BCUT2D eigenvalue weighted by Crippen LogP contribution is 2.23. The van der Waals surface area contributed by atoms with Gasteiger partial charge in [0.2, 0.25) is 5.91 Å². The van der Waals surface area contributed by atoms with E-state index in [1.54, 1.807) is 24.4 Å². The summed E-state index contributed by atoms with van der Waals surface area (Å²) in [6, 6.07) is 9.14. The summed E-state index contributed by atoms with van der Waals surface area (Å²) < 4.78 is 5.78. The molecule has 0 saturated carbocycles. The van der Waals surface area contributed by atoms with Crippen molar-refractivity contribution in [2.75, 3.05) is 32.0 Å². The summed E-state index contributed by atoms with van der Waals surface area (Å²) in [6.45, 7) is 3.29. The number of benzene rings is 1. The number of amides is 1. The van der Waals surface area contributed by atoms with Crippen LogP contribution in [0.3, 0.4) is 0 Å². The van der Waals surface area contributed by atoms with Gasteiger partial charge >= 0.3 is 5.97 Å². The molecule has 1 fully saturated rings. The second-order valence-corrected chi connectivity index (χ2v) is 8.98. The maximum absolute atomic E-state index is 12.2. The quantitative estimate of drug-likeness (QED) is 0.405. The van der Waals surface area contributed by atoms with E-state index < -0.39 is 5.97 Å². The van der Waals surface area contributed by atoms with Gasteiger partial charge in [-0.1, -0.05) is 47.1 Å². The first kappa shape index (κ1) is 24.5. The number of aromatic nitrogens is 1. The summed E-state index contributed by atoms with van der Waals surface area (Å²) in [7, 11) is 0. The molecular weight excluding hydrogens is 473 g/mol. The molecule has 0 unspecified atom stereocenters. The second kappa shape index (κ2) is 12.2. The van der Waals surface area contributed by atoms with Gasteiger partial charge in [0, 0.05) is 38.5 Å². The van der Waals surface area contributed by atoms with E-state index in [1.807, 2.05) is 12.1 Å². The van der Waals surface area contributed by atoms with Crippen LogP contribution < -0.4 is 5.32 Å². The van der Waals surface area contributed by atoms with Gasteiger partial charge in [-0.05, 0) is 35.4 Å². The van der Waals surface area contributed by atoms with E-state index in [-0.39, 0.29) is 17.8 Å². The van der Waals surface area contributed by atoms with Crippen LogP contribution in [-0.4, -0.2) is 65.0 Å². The number of rotatable bonds is 9. The van der Waals surface area contributed by atoms with E-state index in [0.29, 0.717) is 40.3 Å². The number of aliphatic carboxylic acids is 1. The average Bonchev–Trinajstić information content (AvgIpc) is 2.78. The van der Waals surface area contributed by atoms with E-state index in [4.69, 9.17) is 33.0 Å². The normalized spacial score (nSPS) is 16.9. The third-order valence-corrected chi connectivity index (χ3v) is 6.35. The summed E-state index contributed by atoms with van der Waals surface area (Å²) in [5, 5.41) is 13.3. The van der Waals surface area contributed by atoms with Crippen molar-refractivity contribution in [3.63, 3.8) is 0 Å². The molecule has 0 bridgehead atoms. The Labute approximate surface area is 200 Å². The highest BCUT2D eigenvalue weighted by Gasteiger charge is 2.21. The first-order chi connectivity index (χ1) is 15.4. The molecule has 0 aliphatic carbocycles. The van der Waals surface area contributed by atoms with Crippen LogP contribution in [0.4, 0.5) is 0 Å². The third kappa shape index (κ3) is 8.11. The van der Waals surface area contributed by atoms with Gasteiger partial charge in [-0.3, -0.25) is 9.69 Å². The predicted octanol–water partition coefficient (Wildman–Crippen LogP) is 3.60. The van der Waals surface area contributed by atoms with Crippen LogP contribution in [0, 0.1) is 0 Å². The van der Waals surface area contributed by atoms with Crippen LogP contribution in [0.15, 0.2) is 47.6 Å². The number of nitrogens with zero attached hydrogens (tertiary/aromatic N) is 2. The highest BCUT2D eigenvalue weighted by atomic mass is 35.5. The maximum atomic E-state index is 12.2. The molecule has 1 aromatic heterocycles. The van der Waals surface area contributed by atoms with Gasteiger partial charge in [-0.25, -0.2) is 9.78 Å². The number of hydrogen-bond acceptors (Lipinski definition) is 6. The number of morpholine rings is 1. The maximum Gasteiger partial charge on any atom is 0.328 e. The first-order valence-corrected chi connectivity index (χ1v) is 11.7. The summed E-state index contributed by atoms with van der Waals surface area (Å²) in [5.74, 6) is -0.881. The van der Waals surface area contributed by atoms with Crippen LogP contribution >= 0.6 is 35.0 Å². The molecule has 1 aliphatic heterocycles. The van der Waals surface area contributed by atoms with E-state index in [0.717, 1.165) is 24.7 Å². The van der Waals surface area contributed by atoms with Gasteiger partial charge in [0.15, 0.2) is 0 Å². The zero-order valence-electron chi connectivity index (χ0n) is 17.2. The van der Waals surface area contributed by atoms with Crippen molar-refractivity contribution < 1.29 is 19.4 Å². The zero-order chi connectivity index (χ0) is 22.9. The molecular formula is C22H23Cl2N3O4S. The molecule has 7 nitrogen and oxygen atoms in total. The molecule has 2 heterocycles. The Bertz CT molecular complexity index is 972. The van der Waals surface area contributed by atoms with Crippen LogP contribution in [0.2, 0.25) is 10.0 Å². The minimum atomic E-state index is -1.01. The van der Waals surface area contributed by atoms with Crippen LogP contribution in [0.25, 0.3) is 6.08 Å². The van der Waals surface area contributed by atoms with Crippen molar-refractivity contribution in [2.24, 2.45) is 0 Å². The number of thioether (sulfide) groups is 1. The second-order valence-electron chi connectivity index (χ2n) is 7.17. The Morgan fingerprint density at radius 1 is 1.28 bits per heavy atom. The molecule has 2 aromatic rings. The Balaban J connectivity index is 1.39. The van der Waals surface area contributed by atoms with Gasteiger partial charge in [-0.15, -0.1) is 0 Å². The minimum Gasteiger partial charge on any atom is -0.478 e. The summed E-state index contributed by atoms with van der Waals surface area (Å²) in [4.78, 5) is 29.2. The zero-order valence-corrected chi connectivity index (χ0v) is 19.5. The molecule has 1 saturated heterocycles. The number of carboxylic acid groups (broad SMARTS) is 1. The van der Waals surface area contributed by atoms with Crippen LogP contribution in [0.1, 0.15) is 11.1 Å². The molecule has 10 heteroatoms. The molecule has 0 spiro atoms. The Kier molecular flexibility index (Phi) is 9.37. The average molecular weight is 496 g/mol. The lowest BCUT2D eigenvalue weighted by Crippen LogP contribution is -2.47. The number of hydrogen-bond donors (Lipinski definition) is 2. The summed E-state index contributed by atoms with van der Waals surface area (Å²) in [5.41, 5.74) is 1.76. The molecule has 170 valence electrons. The fourth-order valence-electron chi connectivity index (χ4n) is 3.11. The van der Waals surface area contributed by atoms with Crippen molar-refractivity contribution in [1.29, 1.82) is 0 Å². The first-order valence-electron chi connectivity index (χ1n) is 9.93. The predicted molar refractivity (Wildman–Crippen MR) is 126 cm³/mol. The van der Waals surface area contributed by atoms with Crippen LogP contribution in [-0.2, 0) is 20.9 Å². The lowest BCUT2D eigenvalue weighted by Gasteiger charge is -2.33. The van der Waals surface area contributed by atoms with Crippen molar-refractivity contribution >= 4 is 52.9 Å². The molecule has 0 radical (unpaired) electrons. The molecule has 1 aliphatic rings. The van der Waals surface area contributed by atoms with Gasteiger partial charge in [-0.2, -0.15) is 0 Å². The Morgan fingerprint density at radius 3 is 2.84 bits per heavy atom. The van der Waals surface area contributed by atoms with Crippen molar-refractivity contribution in [1.82, 2.24) is 15.2 Å². The van der Waals surface area contributed by atoms with Crippen LogP contribution in [0.5, 0.6) is 0 Å². The van der Waals surface area contributed by atoms with E-state index in [2.05, 4.69) is 15.2 Å². The number of carboxylic acids is 1. The summed E-state index contributed by atoms with van der Waals surface area (Å²) in [6.07, 6.45) is 4.00. The lowest BCUT2D eigenvalue weighted by atomic mass is 10.2. The molecule has 32 heavy (non-hydrogen) atoms. The van der Waals surface area contributed by atoms with Gasteiger partial charge in [0.1, 0.15) is 0 Å². The van der Waals surface area contributed by atoms with Gasteiger partial charge < -0.3 is 15.2 Å². The lowest BCUT2D eigenvalue weighted by molar-refractivity contribution is -0.131. The number of pyridine rings is 1. The topological polar surface area (TPSA) is 91.8 Å². The SMILES string of the molecule is O=C(O)/C=C/c1ccc(SCC(=O)NC[C@H]2CN(Cc3ccc(Cl)c(Cl)c3)CCO2)nc1.